The third-order valence-electron chi connectivity index (χ3n) is 5.13. The molecule has 3 aromatic carbocycles. The summed E-state index contributed by atoms with van der Waals surface area (Å²) in [4.78, 5) is 24.1. The van der Waals surface area contributed by atoms with E-state index in [0.717, 1.165) is 11.8 Å². The summed E-state index contributed by atoms with van der Waals surface area (Å²) < 4.78 is 31.6. The van der Waals surface area contributed by atoms with Crippen molar-refractivity contribution in [3.63, 3.8) is 0 Å². The number of hydrogen-bond acceptors (Lipinski definition) is 5. The van der Waals surface area contributed by atoms with Crippen molar-refractivity contribution in [2.24, 2.45) is 0 Å². The molecule has 0 heterocycles. The van der Waals surface area contributed by atoms with Gasteiger partial charge in [0.05, 0.1) is 31.7 Å². The molecule has 0 radical (unpaired) electrons. The highest BCUT2D eigenvalue weighted by Crippen LogP contribution is 2.22. The molecule has 1 N–H and O–H groups in total. The lowest BCUT2D eigenvalue weighted by Crippen LogP contribution is -2.29. The van der Waals surface area contributed by atoms with Gasteiger partial charge in [0, 0.05) is 17.7 Å². The summed E-state index contributed by atoms with van der Waals surface area (Å²) in [5.41, 5.74) is 3.09. The standard InChI is InChI=1S/C26H28N2O5S/c1-20(29)24-9-6-10-25(17-24)28(34(2,31)32)18-21-11-13-23(14-12-21)26(30)27-15-16-33-19-22-7-4-3-5-8-22/h3-14,17H,15-16,18-19H2,1-2H3,(H,27,30). The van der Waals surface area contributed by atoms with Crippen LogP contribution < -0.4 is 9.62 Å². The van der Waals surface area contributed by atoms with Crippen molar-refractivity contribution in [3.05, 3.63) is 101 Å². The van der Waals surface area contributed by atoms with Gasteiger partial charge in [0.15, 0.2) is 5.78 Å². The van der Waals surface area contributed by atoms with Crippen LogP contribution in [0.2, 0.25) is 0 Å². The highest BCUT2D eigenvalue weighted by molar-refractivity contribution is 7.92. The first-order valence-electron chi connectivity index (χ1n) is 10.8. The van der Waals surface area contributed by atoms with Gasteiger partial charge in [-0.1, -0.05) is 54.6 Å². The molecule has 0 saturated heterocycles. The van der Waals surface area contributed by atoms with Crippen LogP contribution in [0.25, 0.3) is 0 Å². The number of amides is 1. The molecule has 34 heavy (non-hydrogen) atoms. The normalized spacial score (nSPS) is 11.1. The fourth-order valence-corrected chi connectivity index (χ4v) is 4.19. The molecule has 3 aromatic rings. The van der Waals surface area contributed by atoms with Gasteiger partial charge in [-0.3, -0.25) is 13.9 Å². The van der Waals surface area contributed by atoms with Gasteiger partial charge in [-0.25, -0.2) is 8.42 Å². The topological polar surface area (TPSA) is 92.8 Å². The fourth-order valence-electron chi connectivity index (χ4n) is 3.31. The third-order valence-corrected chi connectivity index (χ3v) is 6.27. The first-order valence-corrected chi connectivity index (χ1v) is 12.7. The number of benzene rings is 3. The van der Waals surface area contributed by atoms with Crippen molar-refractivity contribution in [2.75, 3.05) is 23.7 Å². The fraction of sp³-hybridized carbons (Fsp3) is 0.231. The maximum absolute atomic E-state index is 12.4. The Bertz CT molecular complexity index is 1230. The third kappa shape index (κ3) is 7.26. The van der Waals surface area contributed by atoms with E-state index in [0.29, 0.717) is 42.1 Å². The first kappa shape index (κ1) is 25.1. The van der Waals surface area contributed by atoms with Gasteiger partial charge >= 0.3 is 0 Å². The summed E-state index contributed by atoms with van der Waals surface area (Å²) in [5.74, 6) is -0.375. The number of sulfonamides is 1. The van der Waals surface area contributed by atoms with Gasteiger partial charge in [-0.15, -0.1) is 0 Å². The molecule has 0 aromatic heterocycles. The molecule has 0 aliphatic rings. The number of nitrogens with zero attached hydrogens (tertiary/aromatic N) is 1. The molecule has 8 heteroatoms. The number of carbonyl (C=O) groups is 2. The molecule has 0 spiro atoms. The number of rotatable bonds is 11. The van der Waals surface area contributed by atoms with E-state index in [-0.39, 0.29) is 18.2 Å². The monoisotopic (exact) mass is 480 g/mol. The molecule has 0 atom stereocenters. The van der Waals surface area contributed by atoms with Gasteiger partial charge in [0.1, 0.15) is 0 Å². The minimum atomic E-state index is -3.59. The van der Waals surface area contributed by atoms with Gasteiger partial charge < -0.3 is 10.1 Å². The molecular formula is C26H28N2O5S. The molecule has 7 nitrogen and oxygen atoms in total. The Morgan fingerprint density at radius 1 is 0.882 bits per heavy atom. The van der Waals surface area contributed by atoms with Gasteiger partial charge in [-0.05, 0) is 42.3 Å². The maximum atomic E-state index is 12.4. The second-order valence-electron chi connectivity index (χ2n) is 7.87. The zero-order valence-corrected chi connectivity index (χ0v) is 20.0. The lowest BCUT2D eigenvalue weighted by molar-refractivity contribution is 0.0900. The van der Waals surface area contributed by atoms with Crippen LogP contribution in [0.15, 0.2) is 78.9 Å². The van der Waals surface area contributed by atoms with Crippen molar-refractivity contribution in [1.82, 2.24) is 5.32 Å². The van der Waals surface area contributed by atoms with E-state index in [2.05, 4.69) is 5.32 Å². The molecule has 0 fully saturated rings. The van der Waals surface area contributed by atoms with E-state index in [4.69, 9.17) is 4.74 Å². The second kappa shape index (κ2) is 11.6. The van der Waals surface area contributed by atoms with Gasteiger partial charge in [0.25, 0.3) is 5.91 Å². The van der Waals surface area contributed by atoms with E-state index in [1.165, 1.54) is 11.2 Å². The average molecular weight is 481 g/mol. The van der Waals surface area contributed by atoms with Crippen LogP contribution in [0.5, 0.6) is 0 Å². The Labute approximate surface area is 200 Å². The lowest BCUT2D eigenvalue weighted by atomic mass is 10.1. The quantitative estimate of drug-likeness (QED) is 0.333. The summed E-state index contributed by atoms with van der Waals surface area (Å²) in [6.07, 6.45) is 1.12. The Kier molecular flexibility index (Phi) is 8.56. The van der Waals surface area contributed by atoms with Crippen LogP contribution in [-0.2, 0) is 27.9 Å². The highest BCUT2D eigenvalue weighted by Gasteiger charge is 2.19. The Hall–Kier alpha value is -3.49. The van der Waals surface area contributed by atoms with Crippen LogP contribution in [0.1, 0.15) is 38.8 Å². The predicted octanol–water partition coefficient (Wildman–Crippen LogP) is 3.80. The van der Waals surface area contributed by atoms with Crippen molar-refractivity contribution < 1.29 is 22.7 Å². The molecule has 0 aliphatic carbocycles. The van der Waals surface area contributed by atoms with Gasteiger partial charge in [0.2, 0.25) is 10.0 Å². The molecule has 0 aliphatic heterocycles. The van der Waals surface area contributed by atoms with Gasteiger partial charge in [-0.2, -0.15) is 0 Å². The number of hydrogen-bond donors (Lipinski definition) is 1. The zero-order chi connectivity index (χ0) is 24.6. The van der Waals surface area contributed by atoms with E-state index < -0.39 is 10.0 Å². The van der Waals surface area contributed by atoms with E-state index in [9.17, 15) is 18.0 Å². The van der Waals surface area contributed by atoms with Crippen molar-refractivity contribution in [2.45, 2.75) is 20.1 Å². The van der Waals surface area contributed by atoms with Crippen LogP contribution >= 0.6 is 0 Å². The smallest absolute Gasteiger partial charge is 0.251 e. The zero-order valence-electron chi connectivity index (χ0n) is 19.2. The summed E-state index contributed by atoms with van der Waals surface area (Å²) >= 11 is 0. The largest absolute Gasteiger partial charge is 0.375 e. The minimum absolute atomic E-state index is 0.0788. The predicted molar refractivity (Wildman–Crippen MR) is 132 cm³/mol. The average Bonchev–Trinajstić information content (AvgIpc) is 2.82. The number of ether oxygens (including phenoxy) is 1. The van der Waals surface area contributed by atoms with Crippen LogP contribution in [0.3, 0.4) is 0 Å². The van der Waals surface area contributed by atoms with Crippen LogP contribution in [0, 0.1) is 0 Å². The summed E-state index contributed by atoms with van der Waals surface area (Å²) in [6, 6.07) is 23.0. The summed E-state index contributed by atoms with van der Waals surface area (Å²) in [7, 11) is -3.59. The minimum Gasteiger partial charge on any atom is -0.375 e. The number of nitrogens with one attached hydrogen (secondary N) is 1. The lowest BCUT2D eigenvalue weighted by Gasteiger charge is -2.23. The molecule has 0 unspecified atom stereocenters. The number of Topliss-reactive ketones (excluding diaryl/α,β-unsaturated/α-hetero) is 1. The number of carbonyl (C=O) groups excluding carboxylic acids is 2. The molecule has 178 valence electrons. The van der Waals surface area contributed by atoms with Crippen LogP contribution in [-0.4, -0.2) is 39.5 Å². The molecule has 1 amide bonds. The number of anilines is 1. The first-order chi connectivity index (χ1) is 16.2. The van der Waals surface area contributed by atoms with E-state index >= 15 is 0 Å². The molecule has 3 rings (SSSR count). The van der Waals surface area contributed by atoms with Crippen molar-refractivity contribution >= 4 is 27.4 Å². The SMILES string of the molecule is CC(=O)c1cccc(N(Cc2ccc(C(=O)NCCOCc3ccccc3)cc2)S(C)(=O)=O)c1. The van der Waals surface area contributed by atoms with Crippen LogP contribution in [0.4, 0.5) is 5.69 Å². The highest BCUT2D eigenvalue weighted by atomic mass is 32.2. The Morgan fingerprint density at radius 3 is 2.24 bits per heavy atom. The van der Waals surface area contributed by atoms with Crippen molar-refractivity contribution in [3.8, 4) is 0 Å². The second-order valence-corrected chi connectivity index (χ2v) is 9.77. The Balaban J connectivity index is 1.57. The molecular weight excluding hydrogens is 452 g/mol. The van der Waals surface area contributed by atoms with E-state index in [1.54, 1.807) is 48.5 Å². The molecule has 0 bridgehead atoms. The summed E-state index contributed by atoms with van der Waals surface area (Å²) in [6.45, 7) is 2.76. The number of ketones is 1. The van der Waals surface area contributed by atoms with Crippen molar-refractivity contribution in [1.29, 1.82) is 0 Å². The molecule has 0 saturated carbocycles. The summed E-state index contributed by atoms with van der Waals surface area (Å²) in [5, 5.41) is 2.81. The van der Waals surface area contributed by atoms with E-state index in [1.807, 2.05) is 30.3 Å². The Morgan fingerprint density at radius 2 is 1.59 bits per heavy atom. The maximum Gasteiger partial charge on any atom is 0.251 e.